The summed E-state index contributed by atoms with van der Waals surface area (Å²) >= 11 is 4.66. The molecule has 0 atom stereocenters. The molecule has 0 radical (unpaired) electrons. The number of esters is 1. The molecule has 7 heterocycles. The zero-order chi connectivity index (χ0) is 60.3. The SMILES string of the molecule is C.C=C1N=C(C(C)(C)C)NO1.C=C1N=C(C(C)(C)C)NS1.C=C1N=C(C(C)(C)C)ON1.C=C1N=C(C(C)(C)C)SN1.C=C1NN=C(C(C)(C)C)O1.C=C1NN=C(C(C)(C)C)S1.CC(C)(C)c1nn[nH]n1.COC(=O)C(C)(C)C. The van der Waals surface area contributed by atoms with Crippen LogP contribution in [-0.2, 0) is 29.4 Å². The van der Waals surface area contributed by atoms with E-state index >= 15 is 0 Å². The molecule has 442 valence electrons. The highest BCUT2D eigenvalue weighted by molar-refractivity contribution is 8.17. The van der Waals surface area contributed by atoms with Gasteiger partial charge in [-0.2, -0.15) is 20.3 Å². The van der Waals surface area contributed by atoms with E-state index in [-0.39, 0.29) is 56.7 Å². The van der Waals surface area contributed by atoms with E-state index in [1.54, 1.807) is 23.7 Å². The Labute approximate surface area is 481 Å². The van der Waals surface area contributed by atoms with Gasteiger partial charge in [0.2, 0.25) is 23.6 Å². The molecule has 6 aliphatic heterocycles. The zero-order valence-electron chi connectivity index (χ0n) is 51.0. The fraction of sp³-hybridized carbons (Fsp3) is 0.630. The van der Waals surface area contributed by atoms with Crippen molar-refractivity contribution >= 4 is 75.2 Å². The first-order chi connectivity index (χ1) is 34.6. The Morgan fingerprint density at radius 1 is 0.538 bits per heavy atom. The summed E-state index contributed by atoms with van der Waals surface area (Å²) in [7, 11) is 1.40. The minimum atomic E-state index is -0.352. The van der Waals surface area contributed by atoms with Gasteiger partial charge in [-0.1, -0.05) is 196 Å². The second kappa shape index (κ2) is 30.6. The lowest BCUT2D eigenvalue weighted by atomic mass is 9.95. The van der Waals surface area contributed by atoms with Gasteiger partial charge >= 0.3 is 5.97 Å². The van der Waals surface area contributed by atoms with Crippen molar-refractivity contribution in [3.05, 3.63) is 78.8 Å². The van der Waals surface area contributed by atoms with E-state index in [0.29, 0.717) is 29.4 Å². The largest absolute Gasteiger partial charge is 0.469 e. The normalized spacial score (nSPS) is 16.6. The number of carbonyl (C=O) groups is 1. The number of methoxy groups -OCH3 is 1. The summed E-state index contributed by atoms with van der Waals surface area (Å²) in [6.45, 7) is 71.0. The van der Waals surface area contributed by atoms with Crippen molar-refractivity contribution in [1.29, 1.82) is 0 Å². The Hall–Kier alpha value is -5.75. The van der Waals surface area contributed by atoms with E-state index in [9.17, 15) is 4.79 Å². The van der Waals surface area contributed by atoms with Crippen LogP contribution in [0.15, 0.2) is 103 Å². The number of H-pyrrole nitrogens is 1. The molecule has 0 saturated heterocycles. The van der Waals surface area contributed by atoms with Crippen LogP contribution in [0.2, 0.25) is 0 Å². The number of hydrogen-bond donors (Lipinski definition) is 7. The number of aromatic amines is 1. The Morgan fingerprint density at radius 2 is 1.08 bits per heavy atom. The van der Waals surface area contributed by atoms with E-state index in [0.717, 1.165) is 43.5 Å². The number of carbonyl (C=O) groups excluding carboxylic acids is 1. The summed E-state index contributed by atoms with van der Waals surface area (Å²) in [6, 6.07) is 0. The number of hydroxylamine groups is 2. The average molecular weight is 1150 g/mol. The Balaban J connectivity index is 0. The number of nitrogens with one attached hydrogen (secondary N) is 7. The van der Waals surface area contributed by atoms with Crippen molar-refractivity contribution < 1.29 is 23.9 Å². The van der Waals surface area contributed by atoms with Gasteiger partial charge in [0.15, 0.2) is 11.6 Å². The van der Waals surface area contributed by atoms with Crippen LogP contribution in [0.4, 0.5) is 0 Å². The first-order valence-corrected chi connectivity index (χ1v) is 27.1. The number of tetrazole rings is 1. The van der Waals surface area contributed by atoms with E-state index in [1.165, 1.54) is 19.1 Å². The summed E-state index contributed by atoms with van der Waals surface area (Å²) in [5.74, 6) is 6.09. The van der Waals surface area contributed by atoms with Gasteiger partial charge in [0, 0.05) is 61.8 Å². The second-order valence-electron chi connectivity index (χ2n) is 25.6. The van der Waals surface area contributed by atoms with Gasteiger partial charge in [0.05, 0.1) is 17.6 Å². The van der Waals surface area contributed by atoms with E-state index in [4.69, 9.17) is 14.4 Å². The van der Waals surface area contributed by atoms with Crippen LogP contribution in [0.25, 0.3) is 0 Å². The van der Waals surface area contributed by atoms with Crippen molar-refractivity contribution in [3.63, 3.8) is 0 Å². The van der Waals surface area contributed by atoms with Crippen LogP contribution in [0.3, 0.4) is 0 Å². The third kappa shape index (κ3) is 30.4. The molecule has 21 nitrogen and oxygen atoms in total. The number of rotatable bonds is 0. The number of ether oxygens (including phenoxy) is 2. The van der Waals surface area contributed by atoms with Gasteiger partial charge in [-0.25, -0.2) is 26.4 Å². The predicted octanol–water partition coefficient (Wildman–Crippen LogP) is 13.1. The number of amidine groups is 2. The lowest BCUT2D eigenvalue weighted by molar-refractivity contribution is -0.149. The summed E-state index contributed by atoms with van der Waals surface area (Å²) in [6.07, 6.45) is 0. The molecule has 7 rings (SSSR count). The molecule has 0 saturated carbocycles. The molecule has 0 aliphatic carbocycles. The molecule has 7 N–H and O–H groups in total. The lowest BCUT2D eigenvalue weighted by Crippen LogP contribution is -2.30. The van der Waals surface area contributed by atoms with Crippen LogP contribution in [0.5, 0.6) is 0 Å². The fourth-order valence-electron chi connectivity index (χ4n) is 4.37. The molecular formula is C54H98N16O5S3. The molecular weight excluding hydrogens is 1050 g/mol. The first kappa shape index (κ1) is 74.3. The molecule has 1 aromatic heterocycles. The van der Waals surface area contributed by atoms with Crippen molar-refractivity contribution in [3.8, 4) is 0 Å². The highest BCUT2D eigenvalue weighted by Crippen LogP contribution is 2.32. The van der Waals surface area contributed by atoms with Crippen molar-refractivity contribution in [1.82, 2.24) is 51.9 Å². The third-order valence-electron chi connectivity index (χ3n) is 8.81. The van der Waals surface area contributed by atoms with Crippen LogP contribution in [0.1, 0.15) is 179 Å². The molecule has 24 heteroatoms. The lowest BCUT2D eigenvalue weighted by Gasteiger charge is -2.16. The van der Waals surface area contributed by atoms with Gasteiger partial charge in [0.25, 0.3) is 0 Å². The van der Waals surface area contributed by atoms with Gasteiger partial charge in [-0.15, -0.1) is 15.3 Å². The molecule has 6 aliphatic rings. The number of aromatic nitrogens is 4. The number of nitrogens with zero attached hydrogens (tertiary/aromatic N) is 9. The Morgan fingerprint density at radius 3 is 1.26 bits per heavy atom. The molecule has 0 unspecified atom stereocenters. The quantitative estimate of drug-likeness (QED) is 0.0941. The molecule has 0 fully saturated rings. The number of hydrazone groups is 2. The molecule has 1 aromatic rings. The molecule has 0 amide bonds. The molecule has 0 bridgehead atoms. The molecule has 0 spiro atoms. The van der Waals surface area contributed by atoms with Gasteiger partial charge < -0.3 is 28.6 Å². The maximum absolute atomic E-state index is 10.6. The van der Waals surface area contributed by atoms with E-state index in [1.807, 2.05) is 83.1 Å². The number of thioether (sulfide) groups is 1. The van der Waals surface area contributed by atoms with Crippen molar-refractivity contribution in [2.75, 3.05) is 7.11 Å². The monoisotopic (exact) mass is 1150 g/mol. The van der Waals surface area contributed by atoms with Crippen LogP contribution < -0.4 is 31.3 Å². The Kier molecular flexibility index (Phi) is 29.1. The second-order valence-corrected chi connectivity index (χ2v) is 28.3. The number of hydrogen-bond acceptors (Lipinski definition) is 23. The van der Waals surface area contributed by atoms with Crippen LogP contribution in [-0.4, -0.2) is 67.3 Å². The molecule has 78 heavy (non-hydrogen) atoms. The minimum absolute atomic E-state index is 0. The summed E-state index contributed by atoms with van der Waals surface area (Å²) in [5.41, 5.74) is 10.8. The van der Waals surface area contributed by atoms with Crippen LogP contribution >= 0.6 is 35.7 Å². The fourth-order valence-corrected chi connectivity index (χ4v) is 6.52. The minimum Gasteiger partial charge on any atom is -0.469 e. The maximum atomic E-state index is 10.6. The summed E-state index contributed by atoms with van der Waals surface area (Å²) < 4.78 is 15.8. The van der Waals surface area contributed by atoms with E-state index in [2.05, 4.69) is 209 Å². The van der Waals surface area contributed by atoms with Crippen molar-refractivity contribution in [2.45, 2.75) is 179 Å². The summed E-state index contributed by atoms with van der Waals surface area (Å²) in [5, 5.41) is 25.6. The van der Waals surface area contributed by atoms with Gasteiger partial charge in [-0.05, 0) is 33.9 Å². The van der Waals surface area contributed by atoms with Crippen molar-refractivity contribution in [2.24, 2.45) is 68.1 Å². The standard InChI is InChI=1S/3C7H12N2O.3C7H12N2S.C6H12O2.C5H10N4.CH4/c1-5-8-9-6(10-5)7(2,3)4;1-5-8-6(9-10-5)7(2,3)4;1-5-8-6(10-9-5)7(2,3)4;1-5-8-9-6(10-5)7(2,3)4;1-5-8-6(9-10-5)7(2,3)4;1-5-8-6(10-9-5)7(2,3)4;1-6(2,3)5(7)8-4;1-5(2,3)4-6-8-9-7-4;/h8H,1H2,2-4H3;1H2,2-4H3,(H,8,9);9H,1H2,2-4H3;8H,1H2,2-4H3;1H2,2-4H3,(H,8,9);9H,1H2,2-4H3;1-4H3;1-3H3,(H,6,7,8,9);1H4. The average Bonchev–Trinajstić information content (AvgIpc) is 4.10. The Bertz CT molecular complexity index is 2180. The summed E-state index contributed by atoms with van der Waals surface area (Å²) in [4.78, 5) is 37.0. The van der Waals surface area contributed by atoms with E-state index < -0.39 is 0 Å². The molecule has 0 aromatic carbocycles. The predicted molar refractivity (Wildman–Crippen MR) is 332 cm³/mol. The topological polar surface area (TPSA) is 255 Å². The highest BCUT2D eigenvalue weighted by atomic mass is 32.2. The van der Waals surface area contributed by atoms with Crippen LogP contribution in [0, 0.1) is 37.9 Å². The van der Waals surface area contributed by atoms with Gasteiger partial charge in [0.1, 0.15) is 32.6 Å². The zero-order valence-corrected chi connectivity index (χ0v) is 53.5. The number of aliphatic imine (C=N–C) groups is 4. The smallest absolute Gasteiger partial charge is 0.310 e. The maximum Gasteiger partial charge on any atom is 0.310 e. The first-order valence-electron chi connectivity index (χ1n) is 24.7. The highest BCUT2D eigenvalue weighted by Gasteiger charge is 2.29. The third-order valence-corrected chi connectivity index (χ3v) is 11.9. The van der Waals surface area contributed by atoms with Gasteiger partial charge in [-0.3, -0.25) is 10.2 Å².